The highest BCUT2D eigenvalue weighted by Crippen LogP contribution is 2.19. The first-order chi connectivity index (χ1) is 10.0. The second-order valence-electron chi connectivity index (χ2n) is 5.03. The minimum absolute atomic E-state index is 0.285. The van der Waals surface area contributed by atoms with Crippen LogP contribution in [0.5, 0.6) is 0 Å². The summed E-state index contributed by atoms with van der Waals surface area (Å²) in [6.45, 7) is 4.12. The molecule has 4 nitrogen and oxygen atoms in total. The normalized spacial score (nSPS) is 12.0. The molecule has 5 heteroatoms. The molecule has 2 aromatic heterocycles. The molecular weight excluding hydrogens is 280 g/mol. The van der Waals surface area contributed by atoms with E-state index in [2.05, 4.69) is 29.9 Å². The number of fused-ring (bicyclic) bond motifs is 1. The molecule has 0 atom stereocenters. The summed E-state index contributed by atoms with van der Waals surface area (Å²) in [5.74, 6) is 0.537. The number of aromatic amines is 1. The van der Waals surface area contributed by atoms with Crippen molar-refractivity contribution in [1.82, 2.24) is 9.97 Å². The van der Waals surface area contributed by atoms with Gasteiger partial charge in [-0.25, -0.2) is 4.98 Å². The van der Waals surface area contributed by atoms with Gasteiger partial charge in [0.15, 0.2) is 5.82 Å². The van der Waals surface area contributed by atoms with Gasteiger partial charge in [0.2, 0.25) is 0 Å². The molecule has 0 unspecified atom stereocenters. The number of thiophene rings is 1. The number of rotatable bonds is 3. The van der Waals surface area contributed by atoms with E-state index in [1.807, 2.05) is 23.6 Å². The van der Waals surface area contributed by atoms with Crippen molar-refractivity contribution < 1.29 is 0 Å². The van der Waals surface area contributed by atoms with E-state index >= 15 is 0 Å². The Morgan fingerprint density at radius 1 is 1.33 bits per heavy atom. The fourth-order valence-electron chi connectivity index (χ4n) is 2.13. The number of imidazole rings is 1. The smallest absolute Gasteiger partial charge is 0.156 e. The Kier molecular flexibility index (Phi) is 3.35. The van der Waals surface area contributed by atoms with Gasteiger partial charge in [-0.2, -0.15) is 0 Å². The van der Waals surface area contributed by atoms with Crippen LogP contribution in [0.2, 0.25) is 0 Å². The highest BCUT2D eigenvalue weighted by Gasteiger charge is 2.09. The van der Waals surface area contributed by atoms with E-state index in [0.29, 0.717) is 11.5 Å². The number of allylic oxidation sites excluding steroid dienone is 1. The summed E-state index contributed by atoms with van der Waals surface area (Å²) < 4.78 is 0. The van der Waals surface area contributed by atoms with Crippen LogP contribution in [0.4, 0.5) is 0 Å². The summed E-state index contributed by atoms with van der Waals surface area (Å²) in [5, 5.41) is 10.1. The van der Waals surface area contributed by atoms with Crippen LogP contribution in [-0.2, 0) is 0 Å². The third-order valence-corrected chi connectivity index (χ3v) is 4.38. The third kappa shape index (κ3) is 2.60. The quantitative estimate of drug-likeness (QED) is 0.646. The lowest BCUT2D eigenvalue weighted by atomic mass is 10.1. The van der Waals surface area contributed by atoms with E-state index in [1.54, 1.807) is 17.4 Å². The second kappa shape index (κ2) is 5.18. The van der Waals surface area contributed by atoms with Crippen molar-refractivity contribution in [1.29, 1.82) is 5.41 Å². The van der Waals surface area contributed by atoms with Crippen molar-refractivity contribution in [3.05, 3.63) is 57.6 Å². The van der Waals surface area contributed by atoms with Crippen molar-refractivity contribution in [3.8, 4) is 0 Å². The molecule has 0 amide bonds. The third-order valence-electron chi connectivity index (χ3n) is 3.46. The zero-order valence-corrected chi connectivity index (χ0v) is 12.7. The predicted molar refractivity (Wildman–Crippen MR) is 88.9 cm³/mol. The molecule has 106 valence electrons. The van der Waals surface area contributed by atoms with E-state index in [9.17, 15) is 0 Å². The molecule has 0 aliphatic carbocycles. The van der Waals surface area contributed by atoms with Gasteiger partial charge in [0.25, 0.3) is 0 Å². The topological polar surface area (TPSA) is 78.6 Å². The van der Waals surface area contributed by atoms with Crippen molar-refractivity contribution in [2.24, 2.45) is 5.73 Å². The van der Waals surface area contributed by atoms with Gasteiger partial charge in [-0.1, -0.05) is 6.07 Å². The monoisotopic (exact) mass is 296 g/mol. The maximum Gasteiger partial charge on any atom is 0.156 e. The molecule has 0 aliphatic rings. The summed E-state index contributed by atoms with van der Waals surface area (Å²) in [5.41, 5.74) is 11.1. The minimum atomic E-state index is 0.285. The van der Waals surface area contributed by atoms with Crippen LogP contribution < -0.4 is 5.73 Å². The van der Waals surface area contributed by atoms with Crippen molar-refractivity contribution >= 4 is 33.8 Å². The van der Waals surface area contributed by atoms with Crippen molar-refractivity contribution in [2.75, 3.05) is 0 Å². The SMILES string of the molecule is Cc1cc2nc(C(=N)/C=C(\N)c3cccs3)[nH]c2cc1C. The summed E-state index contributed by atoms with van der Waals surface area (Å²) in [6.07, 6.45) is 1.64. The Hall–Kier alpha value is -2.40. The number of nitrogens with one attached hydrogen (secondary N) is 2. The van der Waals surface area contributed by atoms with Gasteiger partial charge >= 0.3 is 0 Å². The van der Waals surface area contributed by atoms with Crippen LogP contribution in [0.25, 0.3) is 16.7 Å². The van der Waals surface area contributed by atoms with Crippen LogP contribution in [0, 0.1) is 19.3 Å². The first-order valence-corrected chi connectivity index (χ1v) is 7.49. The van der Waals surface area contributed by atoms with Gasteiger partial charge in [-0.05, 0) is 54.6 Å². The fraction of sp³-hybridized carbons (Fsp3) is 0.125. The van der Waals surface area contributed by atoms with Crippen LogP contribution in [0.3, 0.4) is 0 Å². The van der Waals surface area contributed by atoms with E-state index in [-0.39, 0.29) is 5.71 Å². The van der Waals surface area contributed by atoms with Crippen LogP contribution >= 0.6 is 11.3 Å². The molecule has 3 aromatic rings. The van der Waals surface area contributed by atoms with Gasteiger partial charge in [-0.15, -0.1) is 11.3 Å². The Labute approximate surface area is 126 Å². The van der Waals surface area contributed by atoms with Crippen LogP contribution in [0.1, 0.15) is 21.8 Å². The van der Waals surface area contributed by atoms with Crippen molar-refractivity contribution in [3.63, 3.8) is 0 Å². The summed E-state index contributed by atoms with van der Waals surface area (Å²) in [7, 11) is 0. The maximum atomic E-state index is 8.16. The molecule has 1 aromatic carbocycles. The molecule has 0 saturated heterocycles. The van der Waals surface area contributed by atoms with E-state index in [4.69, 9.17) is 11.1 Å². The van der Waals surface area contributed by atoms with Gasteiger partial charge in [-0.3, -0.25) is 5.41 Å². The predicted octanol–water partition coefficient (Wildman–Crippen LogP) is 3.61. The molecule has 0 spiro atoms. The van der Waals surface area contributed by atoms with E-state index in [0.717, 1.165) is 15.9 Å². The lowest BCUT2D eigenvalue weighted by Gasteiger charge is -1.97. The number of aryl methyl sites for hydroxylation is 2. The number of hydrogen-bond acceptors (Lipinski definition) is 4. The molecule has 21 heavy (non-hydrogen) atoms. The largest absolute Gasteiger partial charge is 0.398 e. The Morgan fingerprint density at radius 2 is 2.10 bits per heavy atom. The molecule has 2 heterocycles. The average molecular weight is 296 g/mol. The van der Waals surface area contributed by atoms with Gasteiger partial charge < -0.3 is 10.7 Å². The van der Waals surface area contributed by atoms with Crippen LogP contribution in [-0.4, -0.2) is 15.7 Å². The lowest BCUT2D eigenvalue weighted by Crippen LogP contribution is -2.02. The number of hydrogen-bond donors (Lipinski definition) is 3. The Balaban J connectivity index is 1.97. The zero-order valence-electron chi connectivity index (χ0n) is 11.9. The molecule has 4 N–H and O–H groups in total. The Morgan fingerprint density at radius 3 is 2.81 bits per heavy atom. The summed E-state index contributed by atoms with van der Waals surface area (Å²) in [6, 6.07) is 7.97. The maximum absolute atomic E-state index is 8.16. The summed E-state index contributed by atoms with van der Waals surface area (Å²) in [4.78, 5) is 8.61. The first kappa shape index (κ1) is 13.6. The highest BCUT2D eigenvalue weighted by molar-refractivity contribution is 7.11. The number of nitrogens with zero attached hydrogens (tertiary/aromatic N) is 1. The van der Waals surface area contributed by atoms with Crippen LogP contribution in [0.15, 0.2) is 35.7 Å². The molecule has 0 saturated carbocycles. The van der Waals surface area contributed by atoms with E-state index in [1.165, 1.54) is 11.1 Å². The number of H-pyrrole nitrogens is 1. The minimum Gasteiger partial charge on any atom is -0.398 e. The number of aromatic nitrogens is 2. The zero-order chi connectivity index (χ0) is 15.0. The van der Waals surface area contributed by atoms with Gasteiger partial charge in [0.05, 0.1) is 27.3 Å². The molecular formula is C16H16N4S. The molecule has 3 rings (SSSR count). The molecule has 0 bridgehead atoms. The fourth-order valence-corrected chi connectivity index (χ4v) is 2.79. The number of benzene rings is 1. The Bertz CT molecular complexity index is 802. The van der Waals surface area contributed by atoms with Gasteiger partial charge in [0, 0.05) is 0 Å². The highest BCUT2D eigenvalue weighted by atomic mass is 32.1. The second-order valence-corrected chi connectivity index (χ2v) is 5.98. The van der Waals surface area contributed by atoms with Gasteiger partial charge in [0.1, 0.15) is 0 Å². The standard InChI is InChI=1S/C16H16N4S/c1-9-6-13-14(7-10(9)2)20-16(19-13)12(18)8-11(17)15-4-3-5-21-15/h3-8,18H,17H2,1-2H3,(H,19,20)/b11-8-,18-12?. The molecule has 0 aliphatic heterocycles. The molecule has 0 radical (unpaired) electrons. The van der Waals surface area contributed by atoms with E-state index < -0.39 is 0 Å². The number of nitrogens with two attached hydrogens (primary N) is 1. The average Bonchev–Trinajstić information content (AvgIpc) is 3.08. The lowest BCUT2D eigenvalue weighted by molar-refractivity contribution is 1.27. The molecule has 0 fully saturated rings. The first-order valence-electron chi connectivity index (χ1n) is 6.61. The van der Waals surface area contributed by atoms with Crippen molar-refractivity contribution in [2.45, 2.75) is 13.8 Å². The summed E-state index contributed by atoms with van der Waals surface area (Å²) >= 11 is 1.56.